The van der Waals surface area contributed by atoms with E-state index < -0.39 is 30.1 Å². The summed E-state index contributed by atoms with van der Waals surface area (Å²) in [6.45, 7) is 1.18. The Balaban J connectivity index is 1.87. The number of carbonyl (C=O) groups is 3. The number of hydrogen-bond donors (Lipinski definition) is 1. The fraction of sp³-hybridized carbons (Fsp3) is 0.200. The molecule has 1 aliphatic rings. The van der Waals surface area contributed by atoms with Crippen molar-refractivity contribution in [3.05, 3.63) is 65.7 Å². The Kier molecular flexibility index (Phi) is 5.39. The number of imide groups is 1. The first kappa shape index (κ1) is 19.1. The second-order valence-electron chi connectivity index (χ2n) is 6.12. The first-order valence-electron chi connectivity index (χ1n) is 8.66. The summed E-state index contributed by atoms with van der Waals surface area (Å²) in [5.41, 5.74) is -0.0926. The van der Waals surface area contributed by atoms with Gasteiger partial charge in [0, 0.05) is 5.56 Å². The normalized spacial score (nSPS) is 19.1. The number of para-hydroxylation sites is 1. The Hall–Kier alpha value is -3.68. The maximum atomic E-state index is 13.0. The van der Waals surface area contributed by atoms with Gasteiger partial charge in [-0.15, -0.1) is 5.01 Å². The molecule has 0 saturated carbocycles. The summed E-state index contributed by atoms with van der Waals surface area (Å²) < 4.78 is 5.14. The van der Waals surface area contributed by atoms with Gasteiger partial charge < -0.3 is 20.0 Å². The van der Waals surface area contributed by atoms with Gasteiger partial charge in [-0.3, -0.25) is 4.79 Å². The minimum absolute atomic E-state index is 0.243. The van der Waals surface area contributed by atoms with Crippen molar-refractivity contribution in [2.24, 2.45) is 5.10 Å². The average Bonchev–Trinajstić information content (AvgIpc) is 2.96. The zero-order valence-corrected chi connectivity index (χ0v) is 15.1. The molecule has 1 saturated heterocycles. The third-order valence-corrected chi connectivity index (χ3v) is 4.44. The molecular formula is C20H18N3O5-. The van der Waals surface area contributed by atoms with Crippen LogP contribution in [0.1, 0.15) is 24.5 Å². The van der Waals surface area contributed by atoms with Crippen LogP contribution in [-0.4, -0.2) is 35.7 Å². The van der Waals surface area contributed by atoms with Gasteiger partial charge in [0.05, 0.1) is 12.2 Å². The molecule has 1 fully saturated rings. The molecule has 1 aliphatic heterocycles. The van der Waals surface area contributed by atoms with E-state index in [1.54, 1.807) is 48.5 Å². The molecule has 0 aliphatic carbocycles. The van der Waals surface area contributed by atoms with Crippen LogP contribution in [0, 0.1) is 0 Å². The number of carbonyl (C=O) groups excluding carboxylic acids is 3. The highest BCUT2D eigenvalue weighted by molar-refractivity contribution is 6.07. The molecule has 3 amide bonds. The molecule has 144 valence electrons. The van der Waals surface area contributed by atoms with Gasteiger partial charge in [-0.05, 0) is 24.1 Å². The van der Waals surface area contributed by atoms with Crippen LogP contribution in [-0.2, 0) is 15.1 Å². The Morgan fingerprint density at radius 1 is 1.18 bits per heavy atom. The average molecular weight is 380 g/mol. The van der Waals surface area contributed by atoms with Crippen LogP contribution >= 0.6 is 0 Å². The summed E-state index contributed by atoms with van der Waals surface area (Å²) in [6, 6.07) is 14.9. The predicted molar refractivity (Wildman–Crippen MR) is 98.3 cm³/mol. The minimum Gasteiger partial charge on any atom is -0.546 e. The SMILES string of the molecule is CC[C@@]1(c2ccccc2)NC(=O)N(/N=C\c2ccccc2OCC(=O)[O-])C1=O. The molecule has 8 heteroatoms. The van der Waals surface area contributed by atoms with E-state index >= 15 is 0 Å². The van der Waals surface area contributed by atoms with Crippen LogP contribution in [0.25, 0.3) is 0 Å². The second-order valence-corrected chi connectivity index (χ2v) is 6.12. The number of amides is 3. The van der Waals surface area contributed by atoms with E-state index in [2.05, 4.69) is 10.4 Å². The lowest BCUT2D eigenvalue weighted by Gasteiger charge is -2.24. The van der Waals surface area contributed by atoms with Gasteiger partial charge in [0.2, 0.25) is 0 Å². The van der Waals surface area contributed by atoms with Gasteiger partial charge >= 0.3 is 6.03 Å². The van der Waals surface area contributed by atoms with Gasteiger partial charge in [-0.2, -0.15) is 5.10 Å². The molecule has 1 N–H and O–H groups in total. The van der Waals surface area contributed by atoms with E-state index in [-0.39, 0.29) is 5.75 Å². The fourth-order valence-corrected chi connectivity index (χ4v) is 3.00. The predicted octanol–water partition coefficient (Wildman–Crippen LogP) is 1.01. The molecule has 1 atom stereocenters. The third-order valence-electron chi connectivity index (χ3n) is 4.44. The summed E-state index contributed by atoms with van der Waals surface area (Å²) in [5, 5.41) is 18.1. The van der Waals surface area contributed by atoms with Gasteiger partial charge in [-0.25, -0.2) is 4.79 Å². The maximum Gasteiger partial charge on any atom is 0.346 e. The van der Waals surface area contributed by atoms with E-state index in [1.165, 1.54) is 6.21 Å². The van der Waals surface area contributed by atoms with E-state index in [0.29, 0.717) is 17.5 Å². The molecule has 0 unspecified atom stereocenters. The lowest BCUT2D eigenvalue weighted by atomic mass is 9.87. The summed E-state index contributed by atoms with van der Waals surface area (Å²) in [6.07, 6.45) is 1.64. The number of hydrazone groups is 1. The first-order chi connectivity index (χ1) is 13.5. The smallest absolute Gasteiger partial charge is 0.346 e. The van der Waals surface area contributed by atoms with Crippen molar-refractivity contribution in [1.82, 2.24) is 10.3 Å². The highest BCUT2D eigenvalue weighted by Crippen LogP contribution is 2.32. The topological polar surface area (TPSA) is 111 Å². The van der Waals surface area contributed by atoms with E-state index in [9.17, 15) is 19.5 Å². The number of benzene rings is 2. The standard InChI is InChI=1S/C20H19N3O5/c1-2-20(15-9-4-3-5-10-15)18(26)23(19(27)22-20)21-12-14-8-6-7-11-16(14)28-13-17(24)25/h3-12H,2,13H2,1H3,(H,22,27)(H,24,25)/p-1/b21-12-/t20-/m0/s1. The number of rotatable bonds is 7. The van der Waals surface area contributed by atoms with Crippen molar-refractivity contribution in [2.45, 2.75) is 18.9 Å². The summed E-state index contributed by atoms with van der Waals surface area (Å²) in [4.78, 5) is 36.0. The molecule has 28 heavy (non-hydrogen) atoms. The minimum atomic E-state index is -1.36. The molecule has 0 spiro atoms. The molecule has 1 heterocycles. The second kappa shape index (κ2) is 7.91. The van der Waals surface area contributed by atoms with Crippen molar-refractivity contribution in [3.63, 3.8) is 0 Å². The molecule has 2 aromatic rings. The highest BCUT2D eigenvalue weighted by Gasteiger charge is 2.51. The van der Waals surface area contributed by atoms with Crippen molar-refractivity contribution in [1.29, 1.82) is 0 Å². The quantitative estimate of drug-likeness (QED) is 0.569. The van der Waals surface area contributed by atoms with Crippen molar-refractivity contribution in [3.8, 4) is 5.75 Å². The van der Waals surface area contributed by atoms with Crippen LogP contribution in [0.5, 0.6) is 5.75 Å². The number of carboxylic acid groups (broad SMARTS) is 1. The first-order valence-corrected chi connectivity index (χ1v) is 8.66. The molecular weight excluding hydrogens is 362 g/mol. The van der Waals surface area contributed by atoms with Crippen LogP contribution in [0.2, 0.25) is 0 Å². The Morgan fingerprint density at radius 3 is 2.54 bits per heavy atom. The van der Waals surface area contributed by atoms with E-state index in [1.807, 2.05) is 13.0 Å². The van der Waals surface area contributed by atoms with Crippen LogP contribution in [0.15, 0.2) is 59.7 Å². The molecule has 3 rings (SSSR count). The number of carboxylic acids is 1. The third kappa shape index (κ3) is 3.57. The van der Waals surface area contributed by atoms with Crippen molar-refractivity contribution < 1.29 is 24.2 Å². The molecule has 0 bridgehead atoms. The summed E-state index contributed by atoms with van der Waals surface area (Å²) in [7, 11) is 0. The number of aliphatic carboxylic acids is 1. The number of ether oxygens (including phenoxy) is 1. The highest BCUT2D eigenvalue weighted by atomic mass is 16.5. The van der Waals surface area contributed by atoms with Gasteiger partial charge in [0.15, 0.2) is 0 Å². The lowest BCUT2D eigenvalue weighted by molar-refractivity contribution is -0.307. The van der Waals surface area contributed by atoms with Gasteiger partial charge in [-0.1, -0.05) is 49.4 Å². The summed E-state index contributed by atoms with van der Waals surface area (Å²) >= 11 is 0. The molecule has 0 radical (unpaired) electrons. The number of hydrogen-bond acceptors (Lipinski definition) is 6. The Morgan fingerprint density at radius 2 is 1.86 bits per heavy atom. The van der Waals surface area contributed by atoms with Crippen molar-refractivity contribution >= 4 is 24.1 Å². The number of urea groups is 1. The van der Waals surface area contributed by atoms with Gasteiger partial charge in [0.25, 0.3) is 5.91 Å². The summed E-state index contributed by atoms with van der Waals surface area (Å²) in [5.74, 6) is -1.61. The monoisotopic (exact) mass is 380 g/mol. The van der Waals surface area contributed by atoms with Crippen LogP contribution in [0.4, 0.5) is 4.79 Å². The number of nitrogens with zero attached hydrogens (tertiary/aromatic N) is 2. The molecule has 0 aromatic heterocycles. The zero-order chi connectivity index (χ0) is 20.1. The maximum absolute atomic E-state index is 13.0. The van der Waals surface area contributed by atoms with Crippen LogP contribution < -0.4 is 15.2 Å². The Labute approximate surface area is 161 Å². The zero-order valence-electron chi connectivity index (χ0n) is 15.1. The molecule has 8 nitrogen and oxygen atoms in total. The van der Waals surface area contributed by atoms with Crippen molar-refractivity contribution in [2.75, 3.05) is 6.61 Å². The number of nitrogens with one attached hydrogen (secondary N) is 1. The molecule has 2 aromatic carbocycles. The van der Waals surface area contributed by atoms with Gasteiger partial charge in [0.1, 0.15) is 17.9 Å². The lowest BCUT2D eigenvalue weighted by Crippen LogP contribution is -2.43. The van der Waals surface area contributed by atoms with Crippen LogP contribution in [0.3, 0.4) is 0 Å². The Bertz CT molecular complexity index is 928. The largest absolute Gasteiger partial charge is 0.546 e. The fourth-order valence-electron chi connectivity index (χ4n) is 3.00. The van der Waals surface area contributed by atoms with E-state index in [0.717, 1.165) is 5.01 Å². The van der Waals surface area contributed by atoms with E-state index in [4.69, 9.17) is 4.74 Å².